The van der Waals surface area contributed by atoms with Crippen molar-refractivity contribution in [3.8, 4) is 11.5 Å². The van der Waals surface area contributed by atoms with Crippen molar-refractivity contribution in [1.82, 2.24) is 5.32 Å². The zero-order valence-corrected chi connectivity index (χ0v) is 14.4. The van der Waals surface area contributed by atoms with E-state index in [-0.39, 0.29) is 5.92 Å². The van der Waals surface area contributed by atoms with Gasteiger partial charge in [-0.3, -0.25) is 0 Å². The van der Waals surface area contributed by atoms with Gasteiger partial charge < -0.3 is 19.9 Å². The van der Waals surface area contributed by atoms with Gasteiger partial charge in [-0.05, 0) is 18.9 Å². The van der Waals surface area contributed by atoms with Crippen LogP contribution in [0.4, 0.5) is 0 Å². The Morgan fingerprint density at radius 3 is 2.45 bits per heavy atom. The van der Waals surface area contributed by atoms with Gasteiger partial charge in [-0.2, -0.15) is 0 Å². The summed E-state index contributed by atoms with van der Waals surface area (Å²) in [6, 6.07) is 3.75. The van der Waals surface area contributed by atoms with Gasteiger partial charge in [-0.15, -0.1) is 0 Å². The molecule has 0 saturated heterocycles. The van der Waals surface area contributed by atoms with Crippen LogP contribution in [0.25, 0.3) is 0 Å². The van der Waals surface area contributed by atoms with Crippen molar-refractivity contribution in [2.45, 2.75) is 32.9 Å². The summed E-state index contributed by atoms with van der Waals surface area (Å²) in [5.41, 5.74) is 0.277. The summed E-state index contributed by atoms with van der Waals surface area (Å²) in [6.07, 6.45) is 0. The van der Waals surface area contributed by atoms with E-state index in [1.807, 2.05) is 32.9 Å². The third kappa shape index (κ3) is 4.36. The number of ether oxygens (including phenoxy) is 2. The Hall–Kier alpha value is -0.780. The fourth-order valence-corrected chi connectivity index (χ4v) is 2.27. The molecule has 0 aromatic heterocycles. The highest BCUT2D eigenvalue weighted by Crippen LogP contribution is 2.32. The quantitative estimate of drug-likeness (QED) is 0.797. The molecule has 0 heterocycles. The average Bonchev–Trinajstić information content (AvgIpc) is 2.39. The van der Waals surface area contributed by atoms with Gasteiger partial charge in [0, 0.05) is 29.2 Å². The predicted molar refractivity (Wildman–Crippen MR) is 84.4 cm³/mol. The van der Waals surface area contributed by atoms with E-state index < -0.39 is 5.60 Å². The number of rotatable bonds is 7. The molecule has 0 bridgehead atoms. The van der Waals surface area contributed by atoms with E-state index in [4.69, 9.17) is 9.47 Å². The summed E-state index contributed by atoms with van der Waals surface area (Å²) < 4.78 is 11.5. The van der Waals surface area contributed by atoms with Crippen LogP contribution in [0, 0.1) is 5.92 Å². The van der Waals surface area contributed by atoms with Crippen LogP contribution in [-0.4, -0.2) is 31.5 Å². The molecule has 0 fully saturated rings. The van der Waals surface area contributed by atoms with Crippen molar-refractivity contribution in [3.63, 3.8) is 0 Å². The summed E-state index contributed by atoms with van der Waals surface area (Å²) in [5, 5.41) is 13.5. The first-order chi connectivity index (χ1) is 9.31. The average molecular weight is 346 g/mol. The van der Waals surface area contributed by atoms with Gasteiger partial charge in [0.1, 0.15) is 11.5 Å². The highest BCUT2D eigenvalue weighted by atomic mass is 79.9. The molecule has 0 aliphatic rings. The molecule has 0 amide bonds. The zero-order chi connectivity index (χ0) is 15.3. The molecule has 1 atom stereocenters. The molecule has 1 rings (SSSR count). The molecule has 1 unspecified atom stereocenters. The summed E-state index contributed by atoms with van der Waals surface area (Å²) >= 11 is 3.53. The Kier molecular flexibility index (Phi) is 6.30. The molecule has 5 heteroatoms. The number of hydrogen-bond donors (Lipinski definition) is 2. The van der Waals surface area contributed by atoms with Crippen LogP contribution >= 0.6 is 15.9 Å². The lowest BCUT2D eigenvalue weighted by Crippen LogP contribution is -2.42. The van der Waals surface area contributed by atoms with E-state index in [1.54, 1.807) is 14.2 Å². The molecule has 4 nitrogen and oxygen atoms in total. The number of aliphatic hydroxyl groups is 1. The van der Waals surface area contributed by atoms with Crippen molar-refractivity contribution in [3.05, 3.63) is 22.2 Å². The third-order valence-electron chi connectivity index (χ3n) is 3.61. The van der Waals surface area contributed by atoms with Crippen molar-refractivity contribution in [2.75, 3.05) is 20.8 Å². The number of halogens is 1. The normalized spacial score (nSPS) is 14.2. The Bertz CT molecular complexity index is 447. The maximum Gasteiger partial charge on any atom is 0.128 e. The minimum absolute atomic E-state index is 0.191. The molecular weight excluding hydrogens is 322 g/mol. The standard InChI is InChI=1S/C15H24BrNO3/c1-10(2)15(3,18)9-17-8-12-13(16)6-11(19-4)7-14(12)20-5/h6-7,10,17-18H,8-9H2,1-5H3. The Labute approximate surface area is 129 Å². The van der Waals surface area contributed by atoms with E-state index >= 15 is 0 Å². The van der Waals surface area contributed by atoms with Crippen LogP contribution < -0.4 is 14.8 Å². The monoisotopic (exact) mass is 345 g/mol. The molecule has 1 aromatic carbocycles. The lowest BCUT2D eigenvalue weighted by Gasteiger charge is -2.28. The second kappa shape index (κ2) is 7.29. The number of benzene rings is 1. The van der Waals surface area contributed by atoms with E-state index in [0.29, 0.717) is 13.1 Å². The Morgan fingerprint density at radius 2 is 1.95 bits per heavy atom. The van der Waals surface area contributed by atoms with Crippen LogP contribution in [0.2, 0.25) is 0 Å². The van der Waals surface area contributed by atoms with Crippen molar-refractivity contribution >= 4 is 15.9 Å². The number of hydrogen-bond acceptors (Lipinski definition) is 4. The van der Waals surface area contributed by atoms with Gasteiger partial charge in [0.25, 0.3) is 0 Å². The van der Waals surface area contributed by atoms with Gasteiger partial charge in [0.2, 0.25) is 0 Å². The first-order valence-corrected chi connectivity index (χ1v) is 7.44. The molecule has 0 spiro atoms. The highest BCUT2D eigenvalue weighted by Gasteiger charge is 2.24. The van der Waals surface area contributed by atoms with E-state index in [2.05, 4.69) is 21.2 Å². The van der Waals surface area contributed by atoms with Crippen LogP contribution in [-0.2, 0) is 6.54 Å². The Balaban J connectivity index is 2.78. The van der Waals surface area contributed by atoms with Crippen LogP contribution in [0.5, 0.6) is 11.5 Å². The maximum absolute atomic E-state index is 10.2. The zero-order valence-electron chi connectivity index (χ0n) is 12.8. The summed E-state index contributed by atoms with van der Waals surface area (Å²) in [4.78, 5) is 0. The van der Waals surface area contributed by atoms with Crippen LogP contribution in [0.3, 0.4) is 0 Å². The van der Waals surface area contributed by atoms with E-state index in [0.717, 1.165) is 21.5 Å². The summed E-state index contributed by atoms with van der Waals surface area (Å²) in [6.45, 7) is 6.98. The van der Waals surface area contributed by atoms with Crippen molar-refractivity contribution < 1.29 is 14.6 Å². The van der Waals surface area contributed by atoms with Crippen molar-refractivity contribution in [1.29, 1.82) is 0 Å². The van der Waals surface area contributed by atoms with E-state index in [9.17, 15) is 5.11 Å². The fraction of sp³-hybridized carbons (Fsp3) is 0.600. The lowest BCUT2D eigenvalue weighted by molar-refractivity contribution is 0.0139. The molecule has 20 heavy (non-hydrogen) atoms. The minimum Gasteiger partial charge on any atom is -0.497 e. The molecule has 2 N–H and O–H groups in total. The minimum atomic E-state index is -0.730. The summed E-state index contributed by atoms with van der Waals surface area (Å²) in [5.74, 6) is 1.69. The topological polar surface area (TPSA) is 50.7 Å². The molecule has 0 radical (unpaired) electrons. The fourth-order valence-electron chi connectivity index (χ4n) is 1.70. The van der Waals surface area contributed by atoms with Crippen molar-refractivity contribution in [2.24, 2.45) is 5.92 Å². The van der Waals surface area contributed by atoms with E-state index in [1.165, 1.54) is 0 Å². The second-order valence-corrected chi connectivity index (χ2v) is 6.26. The molecular formula is C15H24BrNO3. The predicted octanol–water partition coefficient (Wildman–Crippen LogP) is 2.96. The largest absolute Gasteiger partial charge is 0.497 e. The lowest BCUT2D eigenvalue weighted by atomic mass is 9.92. The van der Waals surface area contributed by atoms with Crippen LogP contribution in [0.1, 0.15) is 26.3 Å². The second-order valence-electron chi connectivity index (χ2n) is 5.41. The smallest absolute Gasteiger partial charge is 0.128 e. The van der Waals surface area contributed by atoms with Gasteiger partial charge in [0.15, 0.2) is 0 Å². The van der Waals surface area contributed by atoms with Gasteiger partial charge >= 0.3 is 0 Å². The first kappa shape index (κ1) is 17.3. The van der Waals surface area contributed by atoms with Gasteiger partial charge in [0.05, 0.1) is 19.8 Å². The molecule has 1 aromatic rings. The molecule has 0 aliphatic heterocycles. The van der Waals surface area contributed by atoms with Crippen LogP contribution in [0.15, 0.2) is 16.6 Å². The maximum atomic E-state index is 10.2. The van der Waals surface area contributed by atoms with Gasteiger partial charge in [-0.25, -0.2) is 0 Å². The highest BCUT2D eigenvalue weighted by molar-refractivity contribution is 9.10. The first-order valence-electron chi connectivity index (χ1n) is 6.65. The SMILES string of the molecule is COc1cc(Br)c(CNCC(C)(O)C(C)C)c(OC)c1. The molecule has 0 saturated carbocycles. The summed E-state index contributed by atoms with van der Waals surface area (Å²) in [7, 11) is 3.26. The molecule has 0 aliphatic carbocycles. The third-order valence-corrected chi connectivity index (χ3v) is 4.32. The number of nitrogens with one attached hydrogen (secondary N) is 1. The molecule has 114 valence electrons. The number of methoxy groups -OCH3 is 2. The Morgan fingerprint density at radius 1 is 1.30 bits per heavy atom. The van der Waals surface area contributed by atoms with Gasteiger partial charge in [-0.1, -0.05) is 29.8 Å².